The van der Waals surface area contributed by atoms with Crippen LogP contribution in [-0.4, -0.2) is 17.5 Å². The van der Waals surface area contributed by atoms with Gasteiger partial charge in [0.15, 0.2) is 6.61 Å². The molecule has 5 heteroatoms. The molecule has 0 spiro atoms. The summed E-state index contributed by atoms with van der Waals surface area (Å²) in [4.78, 5) is 16.1. The number of halogens is 1. The largest absolute Gasteiger partial charge is 0.482 e. The second kappa shape index (κ2) is 7.81. The predicted molar refractivity (Wildman–Crippen MR) is 100.0 cm³/mol. The fraction of sp³-hybridized carbons (Fsp3) is 0.100. The molecule has 1 amide bonds. The molecule has 2 aromatic carbocycles. The Hall–Kier alpha value is -2.85. The Morgan fingerprint density at radius 1 is 1.12 bits per heavy atom. The van der Waals surface area contributed by atoms with Crippen molar-refractivity contribution in [3.63, 3.8) is 0 Å². The number of pyridine rings is 1. The second-order valence-corrected chi connectivity index (χ2v) is 6.00. The Labute approximate surface area is 151 Å². The molecule has 0 unspecified atom stereocenters. The lowest BCUT2D eigenvalue weighted by Crippen LogP contribution is -2.20. The van der Waals surface area contributed by atoms with Crippen molar-refractivity contribution in [3.8, 4) is 16.9 Å². The first-order valence-electron chi connectivity index (χ1n) is 7.81. The van der Waals surface area contributed by atoms with Crippen molar-refractivity contribution in [3.05, 3.63) is 77.6 Å². The highest BCUT2D eigenvalue weighted by Gasteiger charge is 2.08. The Balaban J connectivity index is 1.61. The molecule has 0 radical (unpaired) electrons. The molecule has 3 rings (SSSR count). The van der Waals surface area contributed by atoms with Gasteiger partial charge in [-0.3, -0.25) is 9.78 Å². The molecule has 0 aliphatic rings. The minimum Gasteiger partial charge on any atom is -0.482 e. The van der Waals surface area contributed by atoms with Crippen molar-refractivity contribution in [2.45, 2.75) is 6.92 Å². The zero-order valence-electron chi connectivity index (χ0n) is 13.7. The average Bonchev–Trinajstić information content (AvgIpc) is 2.63. The molecule has 1 N–H and O–H groups in total. The Kier molecular flexibility index (Phi) is 5.31. The Bertz CT molecular complexity index is 865. The number of aromatic nitrogens is 1. The minimum atomic E-state index is -0.240. The van der Waals surface area contributed by atoms with E-state index < -0.39 is 0 Å². The van der Waals surface area contributed by atoms with E-state index in [4.69, 9.17) is 16.3 Å². The number of carbonyl (C=O) groups is 1. The second-order valence-electron chi connectivity index (χ2n) is 5.59. The smallest absolute Gasteiger partial charge is 0.262 e. The number of aryl methyl sites for hydroxylation is 1. The molecule has 0 bridgehead atoms. The third kappa shape index (κ3) is 4.58. The van der Waals surface area contributed by atoms with Crippen LogP contribution in [0.5, 0.6) is 5.75 Å². The van der Waals surface area contributed by atoms with Gasteiger partial charge in [-0.05, 0) is 42.8 Å². The fourth-order valence-electron chi connectivity index (χ4n) is 2.31. The van der Waals surface area contributed by atoms with E-state index in [0.29, 0.717) is 10.8 Å². The highest BCUT2D eigenvalue weighted by molar-refractivity contribution is 6.32. The van der Waals surface area contributed by atoms with Crippen molar-refractivity contribution in [1.29, 1.82) is 0 Å². The van der Waals surface area contributed by atoms with Gasteiger partial charge in [-0.1, -0.05) is 41.4 Å². The van der Waals surface area contributed by atoms with Gasteiger partial charge in [-0.25, -0.2) is 0 Å². The molecular formula is C20H17ClN2O2. The van der Waals surface area contributed by atoms with Crippen LogP contribution in [0.1, 0.15) is 5.56 Å². The molecule has 0 aliphatic carbocycles. The monoisotopic (exact) mass is 352 g/mol. The lowest BCUT2D eigenvalue weighted by Gasteiger charge is -2.10. The van der Waals surface area contributed by atoms with Crippen LogP contribution in [-0.2, 0) is 4.79 Å². The quantitative estimate of drug-likeness (QED) is 0.722. The van der Waals surface area contributed by atoms with Crippen LogP contribution in [0.15, 0.2) is 67.0 Å². The summed E-state index contributed by atoms with van der Waals surface area (Å²) in [5.74, 6) is 0.226. The molecule has 0 fully saturated rings. The van der Waals surface area contributed by atoms with E-state index in [0.717, 1.165) is 22.4 Å². The first-order valence-corrected chi connectivity index (χ1v) is 8.19. The van der Waals surface area contributed by atoms with E-state index in [2.05, 4.69) is 10.3 Å². The number of amides is 1. The number of anilines is 1. The van der Waals surface area contributed by atoms with Crippen molar-refractivity contribution >= 4 is 23.2 Å². The molecule has 126 valence electrons. The van der Waals surface area contributed by atoms with Crippen molar-refractivity contribution in [2.24, 2.45) is 0 Å². The number of nitrogens with one attached hydrogen (secondary N) is 1. The van der Waals surface area contributed by atoms with Crippen molar-refractivity contribution < 1.29 is 9.53 Å². The molecule has 0 atom stereocenters. The number of rotatable bonds is 5. The maximum Gasteiger partial charge on any atom is 0.262 e. The van der Waals surface area contributed by atoms with Crippen LogP contribution >= 0.6 is 11.6 Å². The zero-order valence-corrected chi connectivity index (χ0v) is 14.5. The fourth-order valence-corrected chi connectivity index (χ4v) is 2.54. The van der Waals surface area contributed by atoms with Crippen LogP contribution in [0, 0.1) is 6.92 Å². The maximum absolute atomic E-state index is 12.0. The normalized spacial score (nSPS) is 10.3. The van der Waals surface area contributed by atoms with Crippen LogP contribution in [0.3, 0.4) is 0 Å². The maximum atomic E-state index is 12.0. The minimum absolute atomic E-state index is 0.111. The van der Waals surface area contributed by atoms with Gasteiger partial charge in [-0.15, -0.1) is 0 Å². The van der Waals surface area contributed by atoms with Gasteiger partial charge in [0, 0.05) is 23.6 Å². The highest BCUT2D eigenvalue weighted by atomic mass is 35.5. The van der Waals surface area contributed by atoms with Crippen LogP contribution in [0.25, 0.3) is 11.1 Å². The lowest BCUT2D eigenvalue weighted by molar-refractivity contribution is -0.118. The van der Waals surface area contributed by atoms with Crippen molar-refractivity contribution in [1.82, 2.24) is 4.98 Å². The molecule has 0 aliphatic heterocycles. The van der Waals surface area contributed by atoms with Crippen LogP contribution < -0.4 is 10.1 Å². The van der Waals surface area contributed by atoms with Gasteiger partial charge in [-0.2, -0.15) is 0 Å². The number of benzene rings is 2. The molecule has 4 nitrogen and oxygen atoms in total. The molecular weight excluding hydrogens is 336 g/mol. The number of ether oxygens (including phenoxy) is 1. The Morgan fingerprint density at radius 2 is 1.92 bits per heavy atom. The van der Waals surface area contributed by atoms with E-state index in [1.807, 2.05) is 49.4 Å². The Morgan fingerprint density at radius 3 is 2.60 bits per heavy atom. The van der Waals surface area contributed by atoms with Crippen LogP contribution in [0.2, 0.25) is 5.02 Å². The van der Waals surface area contributed by atoms with E-state index in [1.165, 1.54) is 0 Å². The number of carbonyl (C=O) groups excluding carboxylic acids is 1. The summed E-state index contributed by atoms with van der Waals surface area (Å²) in [6.07, 6.45) is 3.48. The number of nitrogens with zero attached hydrogens (tertiary/aromatic N) is 1. The molecule has 1 heterocycles. The molecule has 0 saturated carbocycles. The SMILES string of the molecule is Cc1ccc(NC(=O)COc2ccc(-c3cccnc3)cc2Cl)cc1. The summed E-state index contributed by atoms with van der Waals surface area (Å²) in [5.41, 5.74) is 3.77. The third-order valence-corrected chi connectivity index (χ3v) is 3.92. The van der Waals surface area contributed by atoms with Crippen LogP contribution in [0.4, 0.5) is 5.69 Å². The molecule has 25 heavy (non-hydrogen) atoms. The van der Waals surface area contributed by atoms with E-state index in [1.54, 1.807) is 24.5 Å². The number of hydrogen-bond donors (Lipinski definition) is 1. The molecule has 0 saturated heterocycles. The summed E-state index contributed by atoms with van der Waals surface area (Å²) in [6.45, 7) is 1.88. The highest BCUT2D eigenvalue weighted by Crippen LogP contribution is 2.30. The lowest BCUT2D eigenvalue weighted by atomic mass is 10.1. The average molecular weight is 353 g/mol. The summed E-state index contributed by atoms with van der Waals surface area (Å²) < 4.78 is 5.53. The van der Waals surface area contributed by atoms with Gasteiger partial charge in [0.25, 0.3) is 5.91 Å². The first-order chi connectivity index (χ1) is 12.1. The standard InChI is InChI=1S/C20H17ClN2O2/c1-14-4-7-17(8-5-14)23-20(24)13-25-19-9-6-15(11-18(19)21)16-3-2-10-22-12-16/h2-12H,13H2,1H3,(H,23,24). The summed E-state index contributed by atoms with van der Waals surface area (Å²) in [5, 5.41) is 3.23. The van der Waals surface area contributed by atoms with Gasteiger partial charge in [0.1, 0.15) is 5.75 Å². The predicted octanol–water partition coefficient (Wildman–Crippen LogP) is 4.73. The summed E-state index contributed by atoms with van der Waals surface area (Å²) in [7, 11) is 0. The molecule has 1 aromatic heterocycles. The van der Waals surface area contributed by atoms with Gasteiger partial charge >= 0.3 is 0 Å². The van der Waals surface area contributed by atoms with E-state index in [9.17, 15) is 4.79 Å². The third-order valence-electron chi connectivity index (χ3n) is 3.62. The van der Waals surface area contributed by atoms with Crippen molar-refractivity contribution in [2.75, 3.05) is 11.9 Å². The zero-order chi connectivity index (χ0) is 17.6. The van der Waals surface area contributed by atoms with E-state index >= 15 is 0 Å². The first kappa shape index (κ1) is 17.0. The summed E-state index contributed by atoms with van der Waals surface area (Å²) in [6, 6.07) is 16.8. The van der Waals surface area contributed by atoms with Gasteiger partial charge in [0.05, 0.1) is 5.02 Å². The summed E-state index contributed by atoms with van der Waals surface area (Å²) >= 11 is 6.26. The van der Waals surface area contributed by atoms with E-state index in [-0.39, 0.29) is 12.5 Å². The van der Waals surface area contributed by atoms with Gasteiger partial charge < -0.3 is 10.1 Å². The number of hydrogen-bond acceptors (Lipinski definition) is 3. The van der Waals surface area contributed by atoms with Gasteiger partial charge in [0.2, 0.25) is 0 Å². The topological polar surface area (TPSA) is 51.2 Å². The molecule has 3 aromatic rings.